The van der Waals surface area contributed by atoms with Crippen molar-refractivity contribution in [3.8, 4) is 6.07 Å². The highest BCUT2D eigenvalue weighted by Gasteiger charge is 2.37. The molecule has 27 heavy (non-hydrogen) atoms. The zero-order chi connectivity index (χ0) is 19.6. The number of hydrogen-bond donors (Lipinski definition) is 0. The van der Waals surface area contributed by atoms with Gasteiger partial charge in [0, 0.05) is 6.42 Å². The summed E-state index contributed by atoms with van der Waals surface area (Å²) in [7, 11) is 0. The highest BCUT2D eigenvalue weighted by atomic mass is 16.5. The second-order valence-corrected chi connectivity index (χ2v) is 6.39. The normalized spacial score (nSPS) is 12.7. The molecule has 0 unspecified atom stereocenters. The largest absolute Gasteiger partial charge is 0.462 e. The number of fused-ring (bicyclic) bond motifs is 1. The van der Waals surface area contributed by atoms with Gasteiger partial charge in [-0.1, -0.05) is 12.1 Å². The van der Waals surface area contributed by atoms with Crippen molar-refractivity contribution in [2.24, 2.45) is 0 Å². The first-order chi connectivity index (χ1) is 12.9. The number of amides is 2. The predicted octanol–water partition coefficient (Wildman–Crippen LogP) is 3.56. The van der Waals surface area contributed by atoms with E-state index in [1.54, 1.807) is 6.07 Å². The van der Waals surface area contributed by atoms with Gasteiger partial charge in [0.1, 0.15) is 0 Å². The summed E-state index contributed by atoms with van der Waals surface area (Å²) in [5, 5.41) is 8.50. The molecule has 1 aliphatic heterocycles. The van der Waals surface area contributed by atoms with E-state index >= 15 is 0 Å². The van der Waals surface area contributed by atoms with Crippen molar-refractivity contribution in [2.45, 2.75) is 26.7 Å². The number of benzene rings is 2. The summed E-state index contributed by atoms with van der Waals surface area (Å²) < 4.78 is 5.10. The van der Waals surface area contributed by atoms with Crippen LogP contribution in [0.5, 0.6) is 0 Å². The van der Waals surface area contributed by atoms with Crippen LogP contribution in [0, 0.1) is 25.2 Å². The van der Waals surface area contributed by atoms with Crippen LogP contribution in [0.2, 0.25) is 0 Å². The van der Waals surface area contributed by atoms with Crippen LogP contribution in [0.25, 0.3) is 0 Å². The third kappa shape index (κ3) is 3.44. The van der Waals surface area contributed by atoms with Gasteiger partial charge in [-0.3, -0.25) is 9.59 Å². The highest BCUT2D eigenvalue weighted by Crippen LogP contribution is 2.31. The lowest BCUT2D eigenvalue weighted by Crippen LogP contribution is -2.30. The number of esters is 1. The van der Waals surface area contributed by atoms with Crippen LogP contribution in [-0.2, 0) is 4.74 Å². The molecule has 0 radical (unpaired) electrons. The number of carbonyl (C=O) groups is 3. The van der Waals surface area contributed by atoms with Gasteiger partial charge in [0.2, 0.25) is 0 Å². The maximum Gasteiger partial charge on any atom is 0.338 e. The lowest BCUT2D eigenvalue weighted by Gasteiger charge is -2.17. The van der Waals surface area contributed by atoms with Crippen LogP contribution >= 0.6 is 0 Å². The number of anilines is 1. The summed E-state index contributed by atoms with van der Waals surface area (Å²) in [5.74, 6) is -1.44. The monoisotopic (exact) mass is 362 g/mol. The third-order valence-corrected chi connectivity index (χ3v) is 4.39. The molecule has 0 N–H and O–H groups in total. The van der Waals surface area contributed by atoms with Crippen LogP contribution in [-0.4, -0.2) is 24.4 Å². The molecular formula is C21H18N2O4. The topological polar surface area (TPSA) is 87.5 Å². The smallest absolute Gasteiger partial charge is 0.338 e. The number of unbranched alkanes of at least 4 members (excludes halogenated alkanes) is 1. The fourth-order valence-electron chi connectivity index (χ4n) is 2.95. The molecule has 0 aliphatic carbocycles. The van der Waals surface area contributed by atoms with E-state index in [2.05, 4.69) is 0 Å². The molecule has 3 rings (SSSR count). The number of nitriles is 1. The van der Waals surface area contributed by atoms with Crippen LogP contribution in [0.3, 0.4) is 0 Å². The Morgan fingerprint density at radius 3 is 2.56 bits per heavy atom. The molecule has 0 fully saturated rings. The SMILES string of the molecule is Cc1ccc(C)c(N2C(=O)c3ccc(C(=O)OCCCC#N)cc3C2=O)c1. The summed E-state index contributed by atoms with van der Waals surface area (Å²) in [6.07, 6.45) is 0.750. The number of nitrogens with zero attached hydrogens (tertiary/aromatic N) is 2. The Hall–Kier alpha value is -3.46. The van der Waals surface area contributed by atoms with Gasteiger partial charge in [-0.15, -0.1) is 0 Å². The fourth-order valence-corrected chi connectivity index (χ4v) is 2.95. The van der Waals surface area contributed by atoms with Crippen LogP contribution in [0.1, 0.15) is 55.0 Å². The molecule has 0 saturated heterocycles. The number of ether oxygens (including phenoxy) is 1. The van der Waals surface area contributed by atoms with E-state index in [0.29, 0.717) is 18.5 Å². The number of aryl methyl sites for hydroxylation is 2. The van der Waals surface area contributed by atoms with E-state index in [1.165, 1.54) is 18.2 Å². The predicted molar refractivity (Wildman–Crippen MR) is 98.6 cm³/mol. The van der Waals surface area contributed by atoms with Crippen LogP contribution in [0.15, 0.2) is 36.4 Å². The summed E-state index contributed by atoms with van der Waals surface area (Å²) in [5.41, 5.74) is 2.95. The third-order valence-electron chi connectivity index (χ3n) is 4.39. The van der Waals surface area contributed by atoms with Gasteiger partial charge in [-0.2, -0.15) is 5.26 Å². The summed E-state index contributed by atoms with van der Waals surface area (Å²) in [6, 6.07) is 11.9. The number of imide groups is 1. The van der Waals surface area contributed by atoms with Gasteiger partial charge >= 0.3 is 5.97 Å². The number of hydrogen-bond acceptors (Lipinski definition) is 5. The van der Waals surface area contributed by atoms with E-state index in [-0.39, 0.29) is 23.3 Å². The van der Waals surface area contributed by atoms with Gasteiger partial charge in [-0.05, 0) is 55.7 Å². The first kappa shape index (κ1) is 18.3. The number of rotatable bonds is 5. The van der Waals surface area contributed by atoms with Gasteiger partial charge in [-0.25, -0.2) is 9.69 Å². The Morgan fingerprint density at radius 1 is 1.07 bits per heavy atom. The molecule has 0 spiro atoms. The molecule has 136 valence electrons. The minimum Gasteiger partial charge on any atom is -0.462 e. The average Bonchev–Trinajstić information content (AvgIpc) is 2.91. The molecule has 0 bridgehead atoms. The molecule has 0 aromatic heterocycles. The lowest BCUT2D eigenvalue weighted by atomic mass is 10.1. The van der Waals surface area contributed by atoms with Crippen molar-refractivity contribution >= 4 is 23.5 Å². The van der Waals surface area contributed by atoms with Crippen molar-refractivity contribution in [1.29, 1.82) is 5.26 Å². The summed E-state index contributed by atoms with van der Waals surface area (Å²) in [6.45, 7) is 3.86. The minimum absolute atomic E-state index is 0.130. The van der Waals surface area contributed by atoms with Crippen molar-refractivity contribution < 1.29 is 19.1 Å². The molecule has 0 saturated carbocycles. The molecule has 2 amide bonds. The fraction of sp³-hybridized carbons (Fsp3) is 0.238. The van der Waals surface area contributed by atoms with Crippen LogP contribution in [0.4, 0.5) is 5.69 Å². The Labute approximate surface area is 157 Å². The first-order valence-corrected chi connectivity index (χ1v) is 8.58. The van der Waals surface area contributed by atoms with Gasteiger partial charge in [0.15, 0.2) is 0 Å². The average molecular weight is 362 g/mol. The van der Waals surface area contributed by atoms with Crippen molar-refractivity contribution in [1.82, 2.24) is 0 Å². The van der Waals surface area contributed by atoms with E-state index in [0.717, 1.165) is 16.0 Å². The zero-order valence-corrected chi connectivity index (χ0v) is 15.1. The highest BCUT2D eigenvalue weighted by molar-refractivity contribution is 6.35. The lowest BCUT2D eigenvalue weighted by molar-refractivity contribution is 0.0501. The second kappa shape index (κ2) is 7.42. The van der Waals surface area contributed by atoms with Crippen molar-refractivity contribution in [3.63, 3.8) is 0 Å². The van der Waals surface area contributed by atoms with Gasteiger partial charge in [0.05, 0.1) is 35.1 Å². The molecule has 2 aromatic rings. The maximum absolute atomic E-state index is 12.9. The Balaban J connectivity index is 1.88. The molecule has 1 aliphatic rings. The molecule has 6 nitrogen and oxygen atoms in total. The quantitative estimate of drug-likeness (QED) is 0.461. The Bertz CT molecular complexity index is 988. The number of carbonyl (C=O) groups excluding carboxylic acids is 3. The maximum atomic E-state index is 12.9. The van der Waals surface area contributed by atoms with E-state index in [1.807, 2.05) is 32.0 Å². The van der Waals surface area contributed by atoms with Crippen LogP contribution < -0.4 is 4.90 Å². The Kier molecular flexibility index (Phi) is 5.04. The molecule has 0 atom stereocenters. The van der Waals surface area contributed by atoms with Crippen molar-refractivity contribution in [2.75, 3.05) is 11.5 Å². The standard InChI is InChI=1S/C21H18N2O4/c1-13-5-6-14(2)18(11-13)23-19(24)16-8-7-15(12-17(16)20(23)25)21(26)27-10-4-3-9-22/h5-8,11-12H,3-4,10H2,1-2H3. The second-order valence-electron chi connectivity index (χ2n) is 6.39. The van der Waals surface area contributed by atoms with Gasteiger partial charge < -0.3 is 4.74 Å². The molecule has 6 heteroatoms. The van der Waals surface area contributed by atoms with E-state index in [4.69, 9.17) is 10.00 Å². The Morgan fingerprint density at radius 2 is 1.81 bits per heavy atom. The first-order valence-electron chi connectivity index (χ1n) is 8.58. The minimum atomic E-state index is -0.582. The summed E-state index contributed by atoms with van der Waals surface area (Å²) >= 11 is 0. The van der Waals surface area contributed by atoms with E-state index in [9.17, 15) is 14.4 Å². The molecular weight excluding hydrogens is 344 g/mol. The van der Waals surface area contributed by atoms with Gasteiger partial charge in [0.25, 0.3) is 11.8 Å². The zero-order valence-electron chi connectivity index (χ0n) is 15.1. The van der Waals surface area contributed by atoms with E-state index < -0.39 is 17.8 Å². The molecule has 2 aromatic carbocycles. The summed E-state index contributed by atoms with van der Waals surface area (Å²) in [4.78, 5) is 38.9. The molecule has 1 heterocycles. The van der Waals surface area contributed by atoms with Crippen molar-refractivity contribution in [3.05, 3.63) is 64.2 Å².